The molecular weight excluding hydrogens is 266 g/mol. The lowest BCUT2D eigenvalue weighted by Gasteiger charge is -2.04. The largest absolute Gasteiger partial charge is 0.350 e. The normalized spacial score (nSPS) is 10.5. The first-order valence-electron chi connectivity index (χ1n) is 6.36. The van der Waals surface area contributed by atoms with E-state index in [4.69, 9.17) is 5.73 Å². The van der Waals surface area contributed by atoms with Gasteiger partial charge in [-0.05, 0) is 29.7 Å². The van der Waals surface area contributed by atoms with Gasteiger partial charge in [-0.3, -0.25) is 4.79 Å². The second kappa shape index (κ2) is 6.47. The molecule has 2 amide bonds. The van der Waals surface area contributed by atoms with Crippen molar-refractivity contribution in [2.24, 2.45) is 10.8 Å². The van der Waals surface area contributed by atoms with Gasteiger partial charge in [0.2, 0.25) is 0 Å². The first kappa shape index (κ1) is 14.5. The molecule has 21 heavy (non-hydrogen) atoms. The molecule has 0 fully saturated rings. The van der Waals surface area contributed by atoms with Gasteiger partial charge in [-0.25, -0.2) is 10.2 Å². The number of hydrogen-bond acceptors (Lipinski definition) is 3. The van der Waals surface area contributed by atoms with Crippen molar-refractivity contribution in [2.45, 2.75) is 6.92 Å². The number of nitrogens with two attached hydrogens (primary N) is 1. The maximum atomic E-state index is 11.4. The number of amides is 2. The number of nitrogens with one attached hydrogen (secondary N) is 1. The van der Waals surface area contributed by atoms with Crippen LogP contribution in [0.1, 0.15) is 22.8 Å². The molecule has 0 aliphatic heterocycles. The Kier molecular flexibility index (Phi) is 4.46. The lowest BCUT2D eigenvalue weighted by Crippen LogP contribution is -2.24. The Morgan fingerprint density at radius 1 is 1.10 bits per heavy atom. The summed E-state index contributed by atoms with van der Waals surface area (Å²) in [5.41, 5.74) is 10.5. The van der Waals surface area contributed by atoms with Crippen LogP contribution in [-0.2, 0) is 0 Å². The van der Waals surface area contributed by atoms with Crippen LogP contribution in [0.15, 0.2) is 53.6 Å². The van der Waals surface area contributed by atoms with Crippen LogP contribution >= 0.6 is 0 Å². The smallest absolute Gasteiger partial charge is 0.332 e. The van der Waals surface area contributed by atoms with Gasteiger partial charge in [-0.2, -0.15) is 5.10 Å². The van der Waals surface area contributed by atoms with Gasteiger partial charge < -0.3 is 5.73 Å². The van der Waals surface area contributed by atoms with Gasteiger partial charge in [0.25, 0.3) is 0 Å². The summed E-state index contributed by atoms with van der Waals surface area (Å²) in [5.74, 6) is 0.0399. The Labute approximate surface area is 122 Å². The molecule has 5 heteroatoms. The summed E-state index contributed by atoms with van der Waals surface area (Å²) in [6, 6.07) is 14.3. The molecule has 0 saturated heterocycles. The van der Waals surface area contributed by atoms with Crippen LogP contribution in [0.2, 0.25) is 0 Å². The highest BCUT2D eigenvalue weighted by Crippen LogP contribution is 2.21. The number of carbonyl (C=O) groups is 2. The van der Waals surface area contributed by atoms with Gasteiger partial charge in [0.05, 0.1) is 6.21 Å². The van der Waals surface area contributed by atoms with Crippen molar-refractivity contribution >= 4 is 18.0 Å². The first-order chi connectivity index (χ1) is 10.1. The van der Waals surface area contributed by atoms with Crippen LogP contribution in [-0.4, -0.2) is 18.0 Å². The summed E-state index contributed by atoms with van der Waals surface area (Å²) < 4.78 is 0. The first-order valence-corrected chi connectivity index (χ1v) is 6.36. The minimum atomic E-state index is -0.705. The molecule has 0 unspecified atom stereocenters. The summed E-state index contributed by atoms with van der Waals surface area (Å²) in [4.78, 5) is 21.9. The number of primary amides is 1. The van der Waals surface area contributed by atoms with E-state index >= 15 is 0 Å². The SMILES string of the molecule is CC(=O)c1cccc(-c2ccc(C=NNC(N)=O)cc2)c1. The number of nitrogens with zero attached hydrogens (tertiary/aromatic N) is 1. The lowest BCUT2D eigenvalue weighted by atomic mass is 10.0. The summed E-state index contributed by atoms with van der Waals surface area (Å²) in [6.07, 6.45) is 1.50. The average molecular weight is 281 g/mol. The summed E-state index contributed by atoms with van der Waals surface area (Å²) >= 11 is 0. The number of hydrazone groups is 1. The van der Waals surface area contributed by atoms with E-state index < -0.39 is 6.03 Å². The van der Waals surface area contributed by atoms with Crippen molar-refractivity contribution in [3.63, 3.8) is 0 Å². The van der Waals surface area contributed by atoms with Crippen molar-refractivity contribution in [1.29, 1.82) is 0 Å². The highest BCUT2D eigenvalue weighted by Gasteiger charge is 2.02. The number of rotatable bonds is 4. The van der Waals surface area contributed by atoms with Crippen LogP contribution in [0.25, 0.3) is 11.1 Å². The fourth-order valence-corrected chi connectivity index (χ4v) is 1.85. The zero-order valence-electron chi connectivity index (χ0n) is 11.5. The van der Waals surface area contributed by atoms with Crippen molar-refractivity contribution in [3.8, 4) is 11.1 Å². The van der Waals surface area contributed by atoms with Crippen molar-refractivity contribution < 1.29 is 9.59 Å². The van der Waals surface area contributed by atoms with Crippen molar-refractivity contribution in [1.82, 2.24) is 5.43 Å². The topological polar surface area (TPSA) is 84.6 Å². The van der Waals surface area contributed by atoms with Crippen molar-refractivity contribution in [3.05, 3.63) is 59.7 Å². The molecule has 0 aliphatic carbocycles. The molecule has 3 N–H and O–H groups in total. The highest BCUT2D eigenvalue weighted by atomic mass is 16.2. The van der Waals surface area contributed by atoms with Crippen LogP contribution in [0, 0.1) is 0 Å². The maximum Gasteiger partial charge on any atom is 0.332 e. The molecule has 2 aromatic carbocycles. The summed E-state index contributed by atoms with van der Waals surface area (Å²) in [6.45, 7) is 1.55. The molecule has 5 nitrogen and oxygen atoms in total. The fourth-order valence-electron chi connectivity index (χ4n) is 1.85. The van der Waals surface area contributed by atoms with E-state index in [2.05, 4.69) is 10.5 Å². The predicted molar refractivity (Wildman–Crippen MR) is 82.2 cm³/mol. The molecule has 0 aliphatic rings. The zero-order valence-corrected chi connectivity index (χ0v) is 11.5. The number of benzene rings is 2. The minimum absolute atomic E-state index is 0.0399. The van der Waals surface area contributed by atoms with Crippen LogP contribution in [0.4, 0.5) is 4.79 Å². The Balaban J connectivity index is 2.19. The molecule has 0 bridgehead atoms. The number of carbonyl (C=O) groups excluding carboxylic acids is 2. The molecule has 0 heterocycles. The van der Waals surface area contributed by atoms with Crippen LogP contribution in [0.5, 0.6) is 0 Å². The second-order valence-corrected chi connectivity index (χ2v) is 4.49. The number of ketones is 1. The lowest BCUT2D eigenvalue weighted by molar-refractivity contribution is 0.101. The van der Waals surface area contributed by atoms with Gasteiger partial charge in [0.15, 0.2) is 5.78 Å². The van der Waals surface area contributed by atoms with E-state index in [9.17, 15) is 9.59 Å². The molecule has 2 rings (SSSR count). The minimum Gasteiger partial charge on any atom is -0.350 e. The maximum absolute atomic E-state index is 11.4. The quantitative estimate of drug-likeness (QED) is 0.512. The molecule has 0 atom stereocenters. The number of urea groups is 1. The van der Waals surface area contributed by atoms with Gasteiger partial charge in [0.1, 0.15) is 0 Å². The van der Waals surface area contributed by atoms with Crippen LogP contribution in [0.3, 0.4) is 0 Å². The van der Waals surface area contributed by atoms with E-state index in [1.54, 1.807) is 13.0 Å². The third-order valence-electron chi connectivity index (χ3n) is 2.90. The Bertz CT molecular complexity index is 691. The fraction of sp³-hybridized carbons (Fsp3) is 0.0625. The molecule has 0 aromatic heterocycles. The molecular formula is C16H15N3O2. The van der Waals surface area contributed by atoms with Crippen molar-refractivity contribution in [2.75, 3.05) is 0 Å². The van der Waals surface area contributed by atoms with E-state index in [-0.39, 0.29) is 5.78 Å². The molecule has 106 valence electrons. The third-order valence-corrected chi connectivity index (χ3v) is 2.90. The van der Waals surface area contributed by atoms with Gasteiger partial charge >= 0.3 is 6.03 Å². The molecule has 2 aromatic rings. The van der Waals surface area contributed by atoms with E-state index in [1.807, 2.05) is 42.5 Å². The van der Waals surface area contributed by atoms with Gasteiger partial charge in [-0.1, -0.05) is 42.5 Å². The van der Waals surface area contributed by atoms with E-state index in [1.165, 1.54) is 6.21 Å². The molecule has 0 spiro atoms. The average Bonchev–Trinajstić information content (AvgIpc) is 2.48. The Hall–Kier alpha value is -2.95. The Morgan fingerprint density at radius 3 is 2.43 bits per heavy atom. The second-order valence-electron chi connectivity index (χ2n) is 4.49. The molecule has 0 radical (unpaired) electrons. The number of hydrogen-bond donors (Lipinski definition) is 2. The third kappa shape index (κ3) is 4.01. The van der Waals surface area contributed by atoms with E-state index in [0.29, 0.717) is 5.56 Å². The zero-order chi connectivity index (χ0) is 15.2. The standard InChI is InChI=1S/C16H15N3O2/c1-11(20)14-3-2-4-15(9-14)13-7-5-12(6-8-13)10-18-19-16(17)21/h2-10H,1H3,(H3,17,19,21). The van der Waals surface area contributed by atoms with Gasteiger partial charge in [-0.15, -0.1) is 0 Å². The Morgan fingerprint density at radius 2 is 1.81 bits per heavy atom. The van der Waals surface area contributed by atoms with E-state index in [0.717, 1.165) is 16.7 Å². The monoisotopic (exact) mass is 281 g/mol. The highest BCUT2D eigenvalue weighted by molar-refractivity contribution is 5.95. The number of Topliss-reactive ketones (excluding diaryl/α,β-unsaturated/α-hetero) is 1. The van der Waals surface area contributed by atoms with Crippen LogP contribution < -0.4 is 11.2 Å². The molecule has 0 saturated carbocycles. The summed E-state index contributed by atoms with van der Waals surface area (Å²) in [5, 5.41) is 3.69. The van der Waals surface area contributed by atoms with Gasteiger partial charge in [0, 0.05) is 5.56 Å². The predicted octanol–water partition coefficient (Wildman–Crippen LogP) is 2.56. The summed E-state index contributed by atoms with van der Waals surface area (Å²) in [7, 11) is 0.